The van der Waals surface area contributed by atoms with Crippen LogP contribution in [0.3, 0.4) is 0 Å². The van der Waals surface area contributed by atoms with Gasteiger partial charge in [0.1, 0.15) is 5.75 Å². The summed E-state index contributed by atoms with van der Waals surface area (Å²) in [5, 5.41) is 1.03. The van der Waals surface area contributed by atoms with E-state index in [-0.39, 0.29) is 6.04 Å². The van der Waals surface area contributed by atoms with Gasteiger partial charge in [0.25, 0.3) is 0 Å². The number of halogens is 2. The van der Waals surface area contributed by atoms with E-state index in [9.17, 15) is 0 Å². The van der Waals surface area contributed by atoms with Crippen LogP contribution in [0.1, 0.15) is 30.0 Å². The highest BCUT2D eigenvalue weighted by molar-refractivity contribution is 6.42. The zero-order valence-corrected chi connectivity index (χ0v) is 12.9. The summed E-state index contributed by atoms with van der Waals surface area (Å²) in [7, 11) is 0. The molecule has 5 heteroatoms. The number of hydrogen-bond acceptors (Lipinski definition) is 3. The molecule has 0 radical (unpaired) electrons. The summed E-state index contributed by atoms with van der Waals surface area (Å²) < 4.78 is 5.74. The third-order valence-electron chi connectivity index (χ3n) is 3.50. The number of hydrazine groups is 1. The molecule has 1 atom stereocenters. The second-order valence-electron chi connectivity index (χ2n) is 5.13. The third kappa shape index (κ3) is 3.33. The van der Waals surface area contributed by atoms with Gasteiger partial charge in [0.15, 0.2) is 0 Å². The average Bonchev–Trinajstić information content (AvgIpc) is 3.30. The Balaban J connectivity index is 1.86. The predicted octanol–water partition coefficient (Wildman–Crippen LogP) is 4.09. The lowest BCUT2D eigenvalue weighted by Crippen LogP contribution is -2.29. The maximum absolute atomic E-state index is 6.27. The summed E-state index contributed by atoms with van der Waals surface area (Å²) in [5.41, 5.74) is 4.65. The van der Waals surface area contributed by atoms with Gasteiger partial charge in [-0.1, -0.05) is 47.5 Å². The molecule has 110 valence electrons. The minimum Gasteiger partial charge on any atom is -0.490 e. The second kappa shape index (κ2) is 6.24. The molecule has 0 heterocycles. The third-order valence-corrected chi connectivity index (χ3v) is 4.33. The lowest BCUT2D eigenvalue weighted by molar-refractivity contribution is 0.303. The highest BCUT2D eigenvalue weighted by Gasteiger charge is 2.23. The molecule has 1 aliphatic rings. The van der Waals surface area contributed by atoms with Gasteiger partial charge in [0, 0.05) is 0 Å². The van der Waals surface area contributed by atoms with Crippen LogP contribution in [0.4, 0.5) is 0 Å². The van der Waals surface area contributed by atoms with Gasteiger partial charge >= 0.3 is 0 Å². The first-order valence-electron chi connectivity index (χ1n) is 6.85. The van der Waals surface area contributed by atoms with Crippen LogP contribution in [-0.2, 0) is 0 Å². The highest BCUT2D eigenvalue weighted by atomic mass is 35.5. The average molecular weight is 323 g/mol. The summed E-state index contributed by atoms with van der Waals surface area (Å²) in [6, 6.07) is 13.2. The molecule has 0 spiro atoms. The topological polar surface area (TPSA) is 47.3 Å². The molecule has 0 bridgehead atoms. The molecule has 1 aliphatic carbocycles. The van der Waals surface area contributed by atoms with E-state index in [4.69, 9.17) is 33.8 Å². The van der Waals surface area contributed by atoms with Crippen LogP contribution in [0.2, 0.25) is 10.0 Å². The Bertz CT molecular complexity index is 627. The number of ether oxygens (including phenoxy) is 1. The number of rotatable bonds is 5. The predicted molar refractivity (Wildman–Crippen MR) is 85.7 cm³/mol. The molecule has 1 fully saturated rings. The van der Waals surface area contributed by atoms with E-state index >= 15 is 0 Å². The summed E-state index contributed by atoms with van der Waals surface area (Å²) in [6.07, 6.45) is 2.68. The summed E-state index contributed by atoms with van der Waals surface area (Å²) in [5.74, 6) is 6.59. The normalized spacial score (nSPS) is 15.8. The summed E-state index contributed by atoms with van der Waals surface area (Å²) in [6.45, 7) is 0. The van der Waals surface area contributed by atoms with Crippen molar-refractivity contribution < 1.29 is 4.74 Å². The van der Waals surface area contributed by atoms with E-state index in [1.165, 1.54) is 0 Å². The van der Waals surface area contributed by atoms with Crippen LogP contribution in [0.15, 0.2) is 42.5 Å². The van der Waals surface area contributed by atoms with Gasteiger partial charge in [0.05, 0.1) is 22.2 Å². The van der Waals surface area contributed by atoms with E-state index in [0.717, 1.165) is 29.7 Å². The maximum Gasteiger partial charge on any atom is 0.119 e. The van der Waals surface area contributed by atoms with Crippen molar-refractivity contribution in [1.29, 1.82) is 0 Å². The minimum absolute atomic E-state index is 0.217. The molecule has 0 aliphatic heterocycles. The highest BCUT2D eigenvalue weighted by Crippen LogP contribution is 2.34. The fourth-order valence-corrected chi connectivity index (χ4v) is 2.64. The van der Waals surface area contributed by atoms with Crippen LogP contribution >= 0.6 is 23.2 Å². The molecule has 2 aromatic rings. The smallest absolute Gasteiger partial charge is 0.119 e. The van der Waals surface area contributed by atoms with Gasteiger partial charge in [-0.25, -0.2) is 5.43 Å². The first-order valence-corrected chi connectivity index (χ1v) is 7.61. The SMILES string of the molecule is NNC(c1ccc(OC2CC2)cc1)c1cccc(Cl)c1Cl. The van der Waals surface area contributed by atoms with Crippen LogP contribution < -0.4 is 16.0 Å². The molecule has 1 unspecified atom stereocenters. The Labute approximate surface area is 134 Å². The molecule has 0 amide bonds. The van der Waals surface area contributed by atoms with E-state index in [0.29, 0.717) is 16.1 Å². The maximum atomic E-state index is 6.27. The molecule has 3 N–H and O–H groups in total. The van der Waals surface area contributed by atoms with Crippen LogP contribution in [0.25, 0.3) is 0 Å². The van der Waals surface area contributed by atoms with Crippen LogP contribution in [-0.4, -0.2) is 6.10 Å². The van der Waals surface area contributed by atoms with Crippen molar-refractivity contribution in [3.63, 3.8) is 0 Å². The standard InChI is InChI=1S/C16H16Cl2N2O/c17-14-3-1-2-13(15(14)18)16(20-19)10-4-6-11(7-5-10)21-12-8-9-12/h1-7,12,16,20H,8-9,19H2. The number of hydrogen-bond donors (Lipinski definition) is 2. The molecule has 0 aromatic heterocycles. The lowest BCUT2D eigenvalue weighted by atomic mass is 9.99. The Hall–Kier alpha value is -1.26. The first-order chi connectivity index (χ1) is 10.2. The Kier molecular flexibility index (Phi) is 4.36. The van der Waals surface area contributed by atoms with Crippen LogP contribution in [0.5, 0.6) is 5.75 Å². The van der Waals surface area contributed by atoms with Gasteiger partial charge in [0.2, 0.25) is 0 Å². The Morgan fingerprint density at radius 1 is 1.10 bits per heavy atom. The van der Waals surface area contributed by atoms with Crippen molar-refractivity contribution in [3.05, 3.63) is 63.6 Å². The molecule has 21 heavy (non-hydrogen) atoms. The van der Waals surface area contributed by atoms with E-state index in [1.54, 1.807) is 6.07 Å². The fourth-order valence-electron chi connectivity index (χ4n) is 2.23. The number of nitrogens with two attached hydrogens (primary N) is 1. The summed E-state index contributed by atoms with van der Waals surface area (Å²) >= 11 is 12.3. The van der Waals surface area contributed by atoms with Crippen molar-refractivity contribution in [2.24, 2.45) is 5.84 Å². The summed E-state index contributed by atoms with van der Waals surface area (Å²) in [4.78, 5) is 0. The number of benzene rings is 2. The first kappa shape index (κ1) is 14.7. The zero-order valence-electron chi connectivity index (χ0n) is 11.4. The molecular weight excluding hydrogens is 307 g/mol. The molecule has 1 saturated carbocycles. The minimum atomic E-state index is -0.217. The number of nitrogens with one attached hydrogen (secondary N) is 1. The lowest BCUT2D eigenvalue weighted by Gasteiger charge is -2.19. The van der Waals surface area contributed by atoms with Crippen molar-refractivity contribution in [2.75, 3.05) is 0 Å². The molecule has 0 saturated heterocycles. The van der Waals surface area contributed by atoms with E-state index in [2.05, 4.69) is 5.43 Å². The Morgan fingerprint density at radius 3 is 2.43 bits per heavy atom. The van der Waals surface area contributed by atoms with Crippen molar-refractivity contribution in [3.8, 4) is 5.75 Å². The van der Waals surface area contributed by atoms with Gasteiger partial charge in [-0.05, 0) is 42.2 Å². The van der Waals surface area contributed by atoms with Gasteiger partial charge in [-0.2, -0.15) is 0 Å². The molecule has 2 aromatic carbocycles. The largest absolute Gasteiger partial charge is 0.490 e. The van der Waals surface area contributed by atoms with Gasteiger partial charge in [-0.15, -0.1) is 0 Å². The molecule has 3 rings (SSSR count). The molecule has 3 nitrogen and oxygen atoms in total. The van der Waals surface area contributed by atoms with Crippen molar-refractivity contribution >= 4 is 23.2 Å². The molecular formula is C16H16Cl2N2O. The second-order valence-corrected chi connectivity index (χ2v) is 5.91. The van der Waals surface area contributed by atoms with E-state index in [1.807, 2.05) is 36.4 Å². The van der Waals surface area contributed by atoms with Crippen LogP contribution in [0, 0.1) is 0 Å². The van der Waals surface area contributed by atoms with Gasteiger partial charge in [-0.3, -0.25) is 5.84 Å². The zero-order chi connectivity index (χ0) is 14.8. The Morgan fingerprint density at radius 2 is 1.81 bits per heavy atom. The quantitative estimate of drug-likeness (QED) is 0.644. The monoisotopic (exact) mass is 322 g/mol. The fraction of sp³-hybridized carbons (Fsp3) is 0.250. The van der Waals surface area contributed by atoms with Crippen molar-refractivity contribution in [2.45, 2.75) is 25.0 Å². The van der Waals surface area contributed by atoms with Crippen molar-refractivity contribution in [1.82, 2.24) is 5.43 Å². The van der Waals surface area contributed by atoms with E-state index < -0.39 is 0 Å². The van der Waals surface area contributed by atoms with Gasteiger partial charge < -0.3 is 4.74 Å².